The lowest BCUT2D eigenvalue weighted by atomic mass is 10.2. The van der Waals surface area contributed by atoms with E-state index in [1.807, 2.05) is 67.8 Å². The Morgan fingerprint density at radius 2 is 1.84 bits per heavy atom. The molecular weight excluding hydrogens is 420 g/mol. The summed E-state index contributed by atoms with van der Waals surface area (Å²) in [6, 6.07) is 15.5. The molecule has 0 aliphatic rings. The van der Waals surface area contributed by atoms with Crippen LogP contribution >= 0.6 is 11.3 Å². The predicted octanol–water partition coefficient (Wildman–Crippen LogP) is 4.95. The number of ether oxygens (including phenoxy) is 1. The molecule has 0 bridgehead atoms. The van der Waals surface area contributed by atoms with E-state index in [9.17, 15) is 4.79 Å². The maximum absolute atomic E-state index is 12.7. The molecule has 2 aromatic heterocycles. The zero-order valence-corrected chi connectivity index (χ0v) is 19.1. The Labute approximate surface area is 191 Å². The smallest absolute Gasteiger partial charge is 0.246 e. The maximum atomic E-state index is 12.7. The highest BCUT2D eigenvalue weighted by Crippen LogP contribution is 2.21. The molecule has 32 heavy (non-hydrogen) atoms. The third-order valence-electron chi connectivity index (χ3n) is 4.96. The molecule has 0 aliphatic carbocycles. The van der Waals surface area contributed by atoms with Crippen LogP contribution in [0.2, 0.25) is 0 Å². The number of para-hydroxylation sites is 2. The van der Waals surface area contributed by atoms with E-state index in [1.54, 1.807) is 35.4 Å². The van der Waals surface area contributed by atoms with E-state index in [1.165, 1.54) is 0 Å². The second kappa shape index (κ2) is 9.70. The number of nitrogens with zero attached hydrogens (tertiary/aromatic N) is 4. The van der Waals surface area contributed by atoms with Crippen LogP contribution in [0.25, 0.3) is 17.0 Å². The van der Waals surface area contributed by atoms with Crippen LogP contribution < -0.4 is 4.74 Å². The second-order valence-corrected chi connectivity index (χ2v) is 8.52. The van der Waals surface area contributed by atoms with Crippen LogP contribution in [0.15, 0.2) is 60.0 Å². The molecule has 162 valence electrons. The topological polar surface area (TPSA) is 68.2 Å². The van der Waals surface area contributed by atoms with Crippen molar-refractivity contribution in [2.45, 2.75) is 27.0 Å². The van der Waals surface area contributed by atoms with Crippen molar-refractivity contribution in [1.82, 2.24) is 19.9 Å². The number of hydrogen-bond donors (Lipinski definition) is 0. The van der Waals surface area contributed by atoms with E-state index in [2.05, 4.69) is 15.0 Å². The van der Waals surface area contributed by atoms with Crippen molar-refractivity contribution in [3.05, 3.63) is 87.8 Å². The Kier molecular flexibility index (Phi) is 6.56. The number of hydrogen-bond acceptors (Lipinski definition) is 6. The van der Waals surface area contributed by atoms with Gasteiger partial charge in [0.25, 0.3) is 0 Å². The van der Waals surface area contributed by atoms with Gasteiger partial charge in [-0.2, -0.15) is 0 Å². The number of benzene rings is 2. The molecule has 0 fully saturated rings. The third-order valence-corrected chi connectivity index (χ3v) is 5.78. The van der Waals surface area contributed by atoms with Crippen LogP contribution in [0.3, 0.4) is 0 Å². The van der Waals surface area contributed by atoms with Gasteiger partial charge < -0.3 is 9.64 Å². The molecule has 4 aromatic rings. The largest absolute Gasteiger partial charge is 0.487 e. The normalized spacial score (nSPS) is 11.2. The first-order chi connectivity index (χ1) is 15.5. The van der Waals surface area contributed by atoms with Gasteiger partial charge >= 0.3 is 0 Å². The van der Waals surface area contributed by atoms with Gasteiger partial charge in [-0.1, -0.05) is 36.4 Å². The quantitative estimate of drug-likeness (QED) is 0.377. The number of likely N-dealkylation sites (N-methyl/N-ethyl adjacent to an activating group) is 1. The number of carbonyl (C=O) groups excluding carboxylic acids is 1. The minimum atomic E-state index is -0.135. The maximum Gasteiger partial charge on any atom is 0.246 e. The number of thiazole rings is 1. The molecule has 0 spiro atoms. The Bertz CT molecular complexity index is 1280. The highest BCUT2D eigenvalue weighted by molar-refractivity contribution is 7.09. The lowest BCUT2D eigenvalue weighted by Crippen LogP contribution is -2.25. The molecule has 0 saturated carbocycles. The SMILES string of the molecule is Cc1nc(COc2ccccc2/C=C/C(=O)N(C)Cc2nc(C)c3ccccc3n2)cs1. The molecule has 0 aliphatic heterocycles. The summed E-state index contributed by atoms with van der Waals surface area (Å²) >= 11 is 1.60. The van der Waals surface area contributed by atoms with Crippen LogP contribution in [0.4, 0.5) is 0 Å². The monoisotopic (exact) mass is 444 g/mol. The van der Waals surface area contributed by atoms with Crippen LogP contribution in [0.1, 0.15) is 27.8 Å². The van der Waals surface area contributed by atoms with E-state index in [0.717, 1.165) is 32.9 Å². The molecular formula is C25H24N4O2S. The van der Waals surface area contributed by atoms with Crippen molar-refractivity contribution in [2.75, 3.05) is 7.05 Å². The van der Waals surface area contributed by atoms with Gasteiger partial charge in [-0.3, -0.25) is 4.79 Å². The summed E-state index contributed by atoms with van der Waals surface area (Å²) in [5.41, 5.74) is 3.52. The summed E-state index contributed by atoms with van der Waals surface area (Å²) in [4.78, 5) is 27.9. The summed E-state index contributed by atoms with van der Waals surface area (Å²) in [6.07, 6.45) is 3.32. The number of fused-ring (bicyclic) bond motifs is 1. The van der Waals surface area contributed by atoms with Crippen molar-refractivity contribution in [1.29, 1.82) is 0 Å². The fourth-order valence-corrected chi connectivity index (χ4v) is 3.92. The lowest BCUT2D eigenvalue weighted by Gasteiger charge is -2.15. The summed E-state index contributed by atoms with van der Waals surface area (Å²) in [5, 5.41) is 4.02. The fourth-order valence-electron chi connectivity index (χ4n) is 3.32. The average molecular weight is 445 g/mol. The van der Waals surface area contributed by atoms with E-state index in [-0.39, 0.29) is 5.91 Å². The van der Waals surface area contributed by atoms with E-state index in [4.69, 9.17) is 4.74 Å². The van der Waals surface area contributed by atoms with Gasteiger partial charge in [0, 0.05) is 35.1 Å². The lowest BCUT2D eigenvalue weighted by molar-refractivity contribution is -0.125. The van der Waals surface area contributed by atoms with Gasteiger partial charge in [0.2, 0.25) is 5.91 Å². The Morgan fingerprint density at radius 1 is 1.06 bits per heavy atom. The minimum Gasteiger partial charge on any atom is -0.487 e. The zero-order valence-electron chi connectivity index (χ0n) is 18.3. The van der Waals surface area contributed by atoms with Crippen molar-refractivity contribution in [2.24, 2.45) is 0 Å². The summed E-state index contributed by atoms with van der Waals surface area (Å²) < 4.78 is 5.93. The summed E-state index contributed by atoms with van der Waals surface area (Å²) in [6.45, 7) is 4.65. The first kappa shape index (κ1) is 21.6. The van der Waals surface area contributed by atoms with Crippen molar-refractivity contribution < 1.29 is 9.53 Å². The highest BCUT2D eigenvalue weighted by atomic mass is 32.1. The Morgan fingerprint density at radius 3 is 2.66 bits per heavy atom. The van der Waals surface area contributed by atoms with E-state index < -0.39 is 0 Å². The average Bonchev–Trinajstić information content (AvgIpc) is 3.21. The molecule has 0 atom stereocenters. The summed E-state index contributed by atoms with van der Waals surface area (Å²) in [5.74, 6) is 1.19. The van der Waals surface area contributed by atoms with E-state index in [0.29, 0.717) is 24.7 Å². The van der Waals surface area contributed by atoms with Crippen molar-refractivity contribution in [3.8, 4) is 5.75 Å². The minimum absolute atomic E-state index is 0.135. The number of aromatic nitrogens is 3. The number of aryl methyl sites for hydroxylation is 2. The van der Waals surface area contributed by atoms with Gasteiger partial charge in [-0.05, 0) is 32.1 Å². The first-order valence-electron chi connectivity index (χ1n) is 10.3. The zero-order chi connectivity index (χ0) is 22.5. The standard InChI is InChI=1S/C25H24N4O2S/c1-17-21-9-5-6-10-22(21)28-24(26-17)14-29(3)25(30)13-12-19-8-4-7-11-23(19)31-15-20-16-32-18(2)27-20/h4-13,16H,14-15H2,1-3H3/b13-12+. The number of rotatable bonds is 7. The van der Waals surface area contributed by atoms with Gasteiger partial charge in [0.05, 0.1) is 22.8 Å². The van der Waals surface area contributed by atoms with Crippen LogP contribution in [0, 0.1) is 13.8 Å². The van der Waals surface area contributed by atoms with E-state index >= 15 is 0 Å². The predicted molar refractivity (Wildman–Crippen MR) is 127 cm³/mol. The summed E-state index contributed by atoms with van der Waals surface area (Å²) in [7, 11) is 1.74. The molecule has 0 radical (unpaired) electrons. The molecule has 0 N–H and O–H groups in total. The Hall–Kier alpha value is -3.58. The van der Waals surface area contributed by atoms with Gasteiger partial charge in [0.15, 0.2) is 0 Å². The number of carbonyl (C=O) groups is 1. The molecule has 1 amide bonds. The molecule has 4 rings (SSSR count). The van der Waals surface area contributed by atoms with Crippen LogP contribution in [0.5, 0.6) is 5.75 Å². The first-order valence-corrected chi connectivity index (χ1v) is 11.2. The third kappa shape index (κ3) is 5.18. The molecule has 2 heterocycles. The van der Waals surface area contributed by atoms with Crippen molar-refractivity contribution >= 4 is 34.2 Å². The highest BCUT2D eigenvalue weighted by Gasteiger charge is 2.11. The Balaban J connectivity index is 1.43. The van der Waals surface area contributed by atoms with Crippen LogP contribution in [-0.4, -0.2) is 32.8 Å². The number of amides is 1. The second-order valence-electron chi connectivity index (χ2n) is 7.45. The van der Waals surface area contributed by atoms with Gasteiger partial charge in [-0.15, -0.1) is 11.3 Å². The molecule has 2 aromatic carbocycles. The van der Waals surface area contributed by atoms with Gasteiger partial charge in [0.1, 0.15) is 18.2 Å². The molecule has 6 nitrogen and oxygen atoms in total. The van der Waals surface area contributed by atoms with Crippen molar-refractivity contribution in [3.63, 3.8) is 0 Å². The fraction of sp³-hybridized carbons (Fsp3) is 0.200. The molecule has 7 heteroatoms. The molecule has 0 unspecified atom stereocenters. The molecule has 0 saturated heterocycles. The van der Waals surface area contributed by atoms with Crippen LogP contribution in [-0.2, 0) is 17.9 Å². The van der Waals surface area contributed by atoms with Gasteiger partial charge in [-0.25, -0.2) is 15.0 Å².